The fraction of sp³-hybridized carbons (Fsp3) is 0. The molecule has 0 saturated carbocycles. The largest absolute Gasteiger partial charge is 0.478 e. The number of nitrogens with zero attached hydrogens (tertiary/aromatic N) is 1. The summed E-state index contributed by atoms with van der Waals surface area (Å²) < 4.78 is 5.04. The number of H-pyrrole nitrogens is 1. The second kappa shape index (κ2) is 3.98. The number of nitrogens with one attached hydrogen (secondary N) is 1. The van der Waals surface area contributed by atoms with Crippen molar-refractivity contribution in [1.29, 1.82) is 5.26 Å². The van der Waals surface area contributed by atoms with Crippen LogP contribution in [0.2, 0.25) is 0 Å². The van der Waals surface area contributed by atoms with Crippen molar-refractivity contribution in [3.05, 3.63) is 45.9 Å². The predicted octanol–water partition coefficient (Wildman–Crippen LogP) is 1.20. The molecule has 0 aromatic carbocycles. The molecule has 84 valence electrons. The number of nitriles is 1. The molecule has 0 aliphatic heterocycles. The van der Waals surface area contributed by atoms with E-state index in [0.717, 1.165) is 0 Å². The fourth-order valence-electron chi connectivity index (χ4n) is 1.40. The number of carboxylic acid groups (broad SMARTS) is 1. The van der Waals surface area contributed by atoms with Gasteiger partial charge in [-0.1, -0.05) is 0 Å². The average Bonchev–Trinajstić information content (AvgIpc) is 2.81. The summed E-state index contributed by atoms with van der Waals surface area (Å²) in [5, 5.41) is 17.6. The highest BCUT2D eigenvalue weighted by Gasteiger charge is 2.16. The first-order valence-corrected chi connectivity index (χ1v) is 4.58. The second-order valence-corrected chi connectivity index (χ2v) is 3.20. The molecule has 2 aromatic rings. The zero-order valence-electron chi connectivity index (χ0n) is 8.43. The van der Waals surface area contributed by atoms with E-state index in [0.29, 0.717) is 5.76 Å². The second-order valence-electron chi connectivity index (χ2n) is 3.20. The van der Waals surface area contributed by atoms with Crippen molar-refractivity contribution >= 4 is 5.97 Å². The van der Waals surface area contributed by atoms with E-state index in [-0.39, 0.29) is 11.3 Å². The van der Waals surface area contributed by atoms with Crippen LogP contribution < -0.4 is 5.56 Å². The molecule has 2 N–H and O–H groups in total. The monoisotopic (exact) mass is 230 g/mol. The van der Waals surface area contributed by atoms with Crippen LogP contribution in [0, 0.1) is 11.3 Å². The Kier molecular flexibility index (Phi) is 2.51. The van der Waals surface area contributed by atoms with Crippen molar-refractivity contribution < 1.29 is 14.3 Å². The minimum Gasteiger partial charge on any atom is -0.478 e. The number of hydrogen-bond acceptors (Lipinski definition) is 4. The Morgan fingerprint density at radius 3 is 2.82 bits per heavy atom. The van der Waals surface area contributed by atoms with E-state index in [1.807, 2.05) is 0 Å². The average molecular weight is 230 g/mol. The summed E-state index contributed by atoms with van der Waals surface area (Å²) in [6.45, 7) is 0. The van der Waals surface area contributed by atoms with E-state index in [1.165, 1.54) is 12.3 Å². The molecule has 2 heterocycles. The third-order valence-corrected chi connectivity index (χ3v) is 2.16. The normalized spacial score (nSPS) is 9.82. The molecule has 0 bridgehead atoms. The molecule has 0 atom stereocenters. The molecule has 0 unspecified atom stereocenters. The van der Waals surface area contributed by atoms with E-state index in [4.69, 9.17) is 14.8 Å². The van der Waals surface area contributed by atoms with Gasteiger partial charge >= 0.3 is 5.97 Å². The number of hydrogen-bond donors (Lipinski definition) is 2. The maximum absolute atomic E-state index is 11.5. The van der Waals surface area contributed by atoms with Crippen LogP contribution in [0.1, 0.15) is 15.9 Å². The molecule has 0 aliphatic rings. The van der Waals surface area contributed by atoms with E-state index in [2.05, 4.69) is 4.98 Å². The highest BCUT2D eigenvalue weighted by molar-refractivity contribution is 5.91. The van der Waals surface area contributed by atoms with E-state index < -0.39 is 17.1 Å². The summed E-state index contributed by atoms with van der Waals surface area (Å²) in [5.41, 5.74) is -1.30. The van der Waals surface area contributed by atoms with Crippen LogP contribution in [0.15, 0.2) is 33.7 Å². The Hall–Kier alpha value is -2.81. The fourth-order valence-corrected chi connectivity index (χ4v) is 1.40. The molecule has 0 saturated heterocycles. The number of carbonyl (C=O) groups is 1. The number of aromatic amines is 1. The SMILES string of the molecule is N#Cc1c(C(=O)O)cc(-c2ccco2)[nH]c1=O. The summed E-state index contributed by atoms with van der Waals surface area (Å²) in [4.78, 5) is 24.8. The van der Waals surface area contributed by atoms with E-state index in [1.54, 1.807) is 18.2 Å². The summed E-state index contributed by atoms with van der Waals surface area (Å²) in [6, 6.07) is 5.93. The molecule has 2 rings (SSSR count). The van der Waals surface area contributed by atoms with Gasteiger partial charge in [0.2, 0.25) is 0 Å². The number of furan rings is 1. The van der Waals surface area contributed by atoms with Crippen LogP contribution in [0.4, 0.5) is 0 Å². The number of rotatable bonds is 2. The summed E-state index contributed by atoms with van der Waals surface area (Å²) in [7, 11) is 0. The lowest BCUT2D eigenvalue weighted by Gasteiger charge is -2.01. The molecular formula is C11H6N2O4. The maximum Gasteiger partial charge on any atom is 0.337 e. The summed E-state index contributed by atoms with van der Waals surface area (Å²) in [5.74, 6) is -1.01. The van der Waals surface area contributed by atoms with Gasteiger partial charge in [0, 0.05) is 0 Å². The van der Waals surface area contributed by atoms with Crippen molar-refractivity contribution in [3.63, 3.8) is 0 Å². The Bertz CT molecular complexity index is 662. The quantitative estimate of drug-likeness (QED) is 0.806. The lowest BCUT2D eigenvalue weighted by Crippen LogP contribution is -2.16. The minimum atomic E-state index is -1.33. The number of carboxylic acids is 1. The Labute approximate surface area is 94.7 Å². The van der Waals surface area contributed by atoms with Gasteiger partial charge in [0.1, 0.15) is 17.4 Å². The molecule has 0 fully saturated rings. The lowest BCUT2D eigenvalue weighted by atomic mass is 10.1. The van der Waals surface area contributed by atoms with Crippen LogP contribution in [-0.2, 0) is 0 Å². The number of aromatic carboxylic acids is 1. The first-order chi connectivity index (χ1) is 8.13. The first-order valence-electron chi connectivity index (χ1n) is 4.58. The Morgan fingerprint density at radius 1 is 1.53 bits per heavy atom. The molecule has 0 radical (unpaired) electrons. The van der Waals surface area contributed by atoms with Crippen molar-refractivity contribution in [3.8, 4) is 17.5 Å². The van der Waals surface area contributed by atoms with Gasteiger partial charge in [-0.25, -0.2) is 4.79 Å². The van der Waals surface area contributed by atoms with E-state index in [9.17, 15) is 9.59 Å². The number of pyridine rings is 1. The maximum atomic E-state index is 11.5. The third-order valence-electron chi connectivity index (χ3n) is 2.16. The van der Waals surface area contributed by atoms with Gasteiger partial charge in [0.05, 0.1) is 17.5 Å². The molecule has 17 heavy (non-hydrogen) atoms. The summed E-state index contributed by atoms with van der Waals surface area (Å²) >= 11 is 0. The lowest BCUT2D eigenvalue weighted by molar-refractivity contribution is 0.0696. The Morgan fingerprint density at radius 2 is 2.29 bits per heavy atom. The minimum absolute atomic E-state index is 0.219. The van der Waals surface area contributed by atoms with Gasteiger partial charge in [-0.15, -0.1) is 0 Å². The van der Waals surface area contributed by atoms with Crippen LogP contribution in [-0.4, -0.2) is 16.1 Å². The highest BCUT2D eigenvalue weighted by atomic mass is 16.4. The number of aromatic nitrogens is 1. The van der Waals surface area contributed by atoms with Gasteiger partial charge in [0.25, 0.3) is 5.56 Å². The predicted molar refractivity (Wildman–Crippen MR) is 56.4 cm³/mol. The van der Waals surface area contributed by atoms with Crippen molar-refractivity contribution in [1.82, 2.24) is 4.98 Å². The van der Waals surface area contributed by atoms with Crippen molar-refractivity contribution in [2.24, 2.45) is 0 Å². The molecule has 6 nitrogen and oxygen atoms in total. The molecule has 0 aliphatic carbocycles. The van der Waals surface area contributed by atoms with Gasteiger partial charge in [-0.05, 0) is 18.2 Å². The first kappa shape index (κ1) is 10.7. The zero-order valence-corrected chi connectivity index (χ0v) is 8.43. The molecule has 0 amide bonds. The summed E-state index contributed by atoms with van der Waals surface area (Å²) in [6.07, 6.45) is 1.40. The Balaban J connectivity index is 2.72. The van der Waals surface area contributed by atoms with Crippen molar-refractivity contribution in [2.75, 3.05) is 0 Å². The smallest absolute Gasteiger partial charge is 0.337 e. The van der Waals surface area contributed by atoms with Gasteiger partial charge in [-0.2, -0.15) is 5.26 Å². The van der Waals surface area contributed by atoms with Gasteiger partial charge in [-0.3, -0.25) is 4.79 Å². The van der Waals surface area contributed by atoms with Crippen LogP contribution >= 0.6 is 0 Å². The molecular weight excluding hydrogens is 224 g/mol. The van der Waals surface area contributed by atoms with Crippen LogP contribution in [0.3, 0.4) is 0 Å². The van der Waals surface area contributed by atoms with E-state index >= 15 is 0 Å². The van der Waals surface area contributed by atoms with Gasteiger partial charge < -0.3 is 14.5 Å². The third kappa shape index (κ3) is 1.81. The van der Waals surface area contributed by atoms with Gasteiger partial charge in [0.15, 0.2) is 0 Å². The highest BCUT2D eigenvalue weighted by Crippen LogP contribution is 2.18. The molecule has 0 spiro atoms. The van der Waals surface area contributed by atoms with Crippen molar-refractivity contribution in [2.45, 2.75) is 0 Å². The topological polar surface area (TPSA) is 107 Å². The molecule has 6 heteroatoms. The van der Waals surface area contributed by atoms with Crippen LogP contribution in [0.25, 0.3) is 11.5 Å². The zero-order chi connectivity index (χ0) is 12.4. The molecule has 2 aromatic heterocycles. The van der Waals surface area contributed by atoms with Crippen LogP contribution in [0.5, 0.6) is 0 Å². The standard InChI is InChI=1S/C11H6N2O4/c12-5-7-6(11(15)16)4-8(13-10(7)14)9-2-1-3-17-9/h1-4H,(H,13,14)(H,15,16).